The number of hydrogen-bond acceptors (Lipinski definition) is 4. The number of hydrogen-bond donors (Lipinski definition) is 1. The Kier molecular flexibility index (Phi) is 9.46. The number of aryl methyl sites for hydroxylation is 1. The first-order chi connectivity index (χ1) is 16.5. The number of unbranched alkanes of at least 4 members (excludes halogenated alkanes) is 2. The molecular formula is C29H38N2O3. The van der Waals surface area contributed by atoms with E-state index in [1.807, 2.05) is 49.4 Å². The van der Waals surface area contributed by atoms with Crippen molar-refractivity contribution in [3.05, 3.63) is 76.9 Å². The van der Waals surface area contributed by atoms with Gasteiger partial charge in [0, 0.05) is 12.1 Å². The monoisotopic (exact) mass is 462 g/mol. The summed E-state index contributed by atoms with van der Waals surface area (Å²) in [6, 6.07) is 16.3. The SMILES string of the molecule is CCCCN(CCCC)CCCN1C(=O)C(=O)C(=C(O)c2ccccc2)[C@@H]1c1ccc(C)cc1. The standard InChI is InChI=1S/C29H38N2O3/c1-4-6-18-30(19-7-5-2)20-11-21-31-26(23-16-14-22(3)15-17-23)25(28(33)29(31)34)27(32)24-12-9-8-10-13-24/h8-10,12-17,26,32H,4-7,11,18-21H2,1-3H3/t26-/m0/s1. The van der Waals surface area contributed by atoms with Crippen LogP contribution in [0.4, 0.5) is 0 Å². The van der Waals surface area contributed by atoms with E-state index in [0.717, 1.165) is 62.9 Å². The molecule has 3 rings (SSSR count). The van der Waals surface area contributed by atoms with Crippen LogP contribution in [0.25, 0.3) is 5.76 Å². The molecule has 34 heavy (non-hydrogen) atoms. The summed E-state index contributed by atoms with van der Waals surface area (Å²) >= 11 is 0. The predicted octanol–water partition coefficient (Wildman–Crippen LogP) is 5.71. The molecule has 0 saturated carbocycles. The number of amides is 1. The van der Waals surface area contributed by atoms with Crippen molar-refractivity contribution in [3.63, 3.8) is 0 Å². The summed E-state index contributed by atoms with van der Waals surface area (Å²) < 4.78 is 0. The van der Waals surface area contributed by atoms with Gasteiger partial charge >= 0.3 is 0 Å². The fourth-order valence-electron chi connectivity index (χ4n) is 4.52. The third-order valence-electron chi connectivity index (χ3n) is 6.51. The van der Waals surface area contributed by atoms with E-state index in [0.29, 0.717) is 12.1 Å². The summed E-state index contributed by atoms with van der Waals surface area (Å²) in [5.74, 6) is -1.25. The number of rotatable bonds is 12. The van der Waals surface area contributed by atoms with Gasteiger partial charge in [-0.2, -0.15) is 0 Å². The third kappa shape index (κ3) is 6.15. The number of Topliss-reactive ketones (excluding diaryl/α,β-unsaturated/α-hetero) is 1. The van der Waals surface area contributed by atoms with E-state index in [1.54, 1.807) is 17.0 Å². The number of likely N-dealkylation sites (tertiary alicyclic amines) is 1. The van der Waals surface area contributed by atoms with Crippen LogP contribution in [-0.2, 0) is 9.59 Å². The predicted molar refractivity (Wildman–Crippen MR) is 138 cm³/mol. The van der Waals surface area contributed by atoms with E-state index in [-0.39, 0.29) is 11.3 Å². The van der Waals surface area contributed by atoms with Crippen LogP contribution in [0, 0.1) is 6.92 Å². The highest BCUT2D eigenvalue weighted by molar-refractivity contribution is 6.46. The number of carbonyl (C=O) groups excluding carboxylic acids is 2. The fraction of sp³-hybridized carbons (Fsp3) is 0.448. The third-order valence-corrected chi connectivity index (χ3v) is 6.51. The zero-order valence-electron chi connectivity index (χ0n) is 20.8. The molecule has 0 bridgehead atoms. The van der Waals surface area contributed by atoms with Crippen LogP contribution in [0.2, 0.25) is 0 Å². The number of nitrogens with zero attached hydrogens (tertiary/aromatic N) is 2. The average molecular weight is 463 g/mol. The lowest BCUT2D eigenvalue weighted by Crippen LogP contribution is -2.34. The molecule has 1 heterocycles. The average Bonchev–Trinajstić information content (AvgIpc) is 3.11. The molecular weight excluding hydrogens is 424 g/mol. The molecule has 1 amide bonds. The van der Waals surface area contributed by atoms with Crippen LogP contribution >= 0.6 is 0 Å². The topological polar surface area (TPSA) is 60.9 Å². The maximum Gasteiger partial charge on any atom is 0.295 e. The van der Waals surface area contributed by atoms with Crippen molar-refractivity contribution in [2.45, 2.75) is 58.9 Å². The van der Waals surface area contributed by atoms with Gasteiger partial charge in [0.2, 0.25) is 0 Å². The van der Waals surface area contributed by atoms with E-state index in [9.17, 15) is 14.7 Å². The molecule has 1 saturated heterocycles. The lowest BCUT2D eigenvalue weighted by Gasteiger charge is -2.27. The van der Waals surface area contributed by atoms with Crippen LogP contribution in [0.5, 0.6) is 0 Å². The summed E-state index contributed by atoms with van der Waals surface area (Å²) in [7, 11) is 0. The van der Waals surface area contributed by atoms with Gasteiger partial charge in [-0.15, -0.1) is 0 Å². The lowest BCUT2D eigenvalue weighted by atomic mass is 9.94. The van der Waals surface area contributed by atoms with Gasteiger partial charge in [0.25, 0.3) is 11.7 Å². The van der Waals surface area contributed by atoms with E-state index in [2.05, 4.69) is 18.7 Å². The maximum atomic E-state index is 13.1. The highest BCUT2D eigenvalue weighted by Crippen LogP contribution is 2.39. The summed E-state index contributed by atoms with van der Waals surface area (Å²) in [5.41, 5.74) is 2.67. The largest absolute Gasteiger partial charge is 0.507 e. The molecule has 2 aromatic rings. The van der Waals surface area contributed by atoms with Crippen LogP contribution in [-0.4, -0.2) is 52.8 Å². The fourth-order valence-corrected chi connectivity index (χ4v) is 4.52. The van der Waals surface area contributed by atoms with Crippen LogP contribution < -0.4 is 0 Å². The van der Waals surface area contributed by atoms with Crippen molar-refractivity contribution < 1.29 is 14.7 Å². The molecule has 182 valence electrons. The van der Waals surface area contributed by atoms with Crippen molar-refractivity contribution in [2.24, 2.45) is 0 Å². The van der Waals surface area contributed by atoms with Gasteiger partial charge in [-0.25, -0.2) is 0 Å². The van der Waals surface area contributed by atoms with E-state index in [1.165, 1.54) is 0 Å². The molecule has 0 aromatic heterocycles. The molecule has 0 spiro atoms. The molecule has 2 aromatic carbocycles. The molecule has 1 fully saturated rings. The van der Waals surface area contributed by atoms with Crippen LogP contribution in [0.15, 0.2) is 60.2 Å². The molecule has 0 unspecified atom stereocenters. The Balaban J connectivity index is 1.88. The molecule has 1 N–H and O–H groups in total. The summed E-state index contributed by atoms with van der Waals surface area (Å²) in [6.45, 7) is 9.89. The van der Waals surface area contributed by atoms with Gasteiger partial charge in [-0.1, -0.05) is 86.8 Å². The molecule has 5 heteroatoms. The van der Waals surface area contributed by atoms with Gasteiger partial charge < -0.3 is 14.9 Å². The quantitative estimate of drug-likeness (QED) is 0.249. The van der Waals surface area contributed by atoms with Gasteiger partial charge in [-0.3, -0.25) is 9.59 Å². The lowest BCUT2D eigenvalue weighted by molar-refractivity contribution is -0.140. The zero-order chi connectivity index (χ0) is 24.5. The molecule has 0 radical (unpaired) electrons. The highest BCUT2D eigenvalue weighted by Gasteiger charge is 2.45. The van der Waals surface area contributed by atoms with Gasteiger partial charge in [0.15, 0.2) is 0 Å². The highest BCUT2D eigenvalue weighted by atomic mass is 16.3. The second kappa shape index (κ2) is 12.5. The normalized spacial score (nSPS) is 17.6. The number of aliphatic hydroxyl groups is 1. The second-order valence-corrected chi connectivity index (χ2v) is 9.17. The minimum Gasteiger partial charge on any atom is -0.507 e. The summed E-state index contributed by atoms with van der Waals surface area (Å²) in [4.78, 5) is 30.4. The van der Waals surface area contributed by atoms with Crippen molar-refractivity contribution in [2.75, 3.05) is 26.2 Å². The Hall–Kier alpha value is -2.92. The van der Waals surface area contributed by atoms with Gasteiger partial charge in [-0.05, 0) is 51.4 Å². The number of aliphatic hydroxyl groups excluding tert-OH is 1. The van der Waals surface area contributed by atoms with Crippen LogP contribution in [0.1, 0.15) is 68.7 Å². The van der Waals surface area contributed by atoms with E-state index < -0.39 is 17.7 Å². The second-order valence-electron chi connectivity index (χ2n) is 9.17. The number of benzene rings is 2. The first-order valence-electron chi connectivity index (χ1n) is 12.6. The molecule has 1 aliphatic rings. The Morgan fingerprint density at radius 1 is 0.882 bits per heavy atom. The minimum absolute atomic E-state index is 0.112. The minimum atomic E-state index is -0.610. The first kappa shape index (κ1) is 25.7. The Labute approximate surface area is 204 Å². The van der Waals surface area contributed by atoms with Crippen molar-refractivity contribution in [3.8, 4) is 0 Å². The molecule has 1 aliphatic heterocycles. The van der Waals surface area contributed by atoms with E-state index >= 15 is 0 Å². The van der Waals surface area contributed by atoms with Crippen molar-refractivity contribution in [1.29, 1.82) is 0 Å². The maximum absolute atomic E-state index is 13.1. The summed E-state index contributed by atoms with van der Waals surface area (Å²) in [5, 5.41) is 11.1. The Bertz CT molecular complexity index is 974. The van der Waals surface area contributed by atoms with Crippen molar-refractivity contribution >= 4 is 17.4 Å². The number of ketones is 1. The van der Waals surface area contributed by atoms with Gasteiger partial charge in [0.05, 0.1) is 11.6 Å². The summed E-state index contributed by atoms with van der Waals surface area (Å²) in [6.07, 6.45) is 5.42. The number of carbonyl (C=O) groups is 2. The van der Waals surface area contributed by atoms with Crippen LogP contribution in [0.3, 0.4) is 0 Å². The van der Waals surface area contributed by atoms with Gasteiger partial charge in [0.1, 0.15) is 5.76 Å². The molecule has 1 atom stereocenters. The Morgan fingerprint density at radius 3 is 2.06 bits per heavy atom. The first-order valence-corrected chi connectivity index (χ1v) is 12.6. The zero-order valence-corrected chi connectivity index (χ0v) is 20.8. The molecule has 0 aliphatic carbocycles. The van der Waals surface area contributed by atoms with E-state index in [4.69, 9.17) is 0 Å². The molecule has 5 nitrogen and oxygen atoms in total. The Morgan fingerprint density at radius 2 is 1.47 bits per heavy atom. The smallest absolute Gasteiger partial charge is 0.295 e. The van der Waals surface area contributed by atoms with Crippen molar-refractivity contribution in [1.82, 2.24) is 9.80 Å².